The van der Waals surface area contributed by atoms with Crippen molar-refractivity contribution in [2.24, 2.45) is 0 Å². The maximum absolute atomic E-state index is 12.7. The van der Waals surface area contributed by atoms with Crippen LogP contribution in [0.1, 0.15) is 29.2 Å². The second-order valence-corrected chi connectivity index (χ2v) is 6.95. The quantitative estimate of drug-likeness (QED) is 0.610. The molecule has 1 aliphatic heterocycles. The Hall–Kier alpha value is -2.61. The molecule has 4 rings (SSSR count). The Kier molecular flexibility index (Phi) is 8.23. The smallest absolute Gasteiger partial charge is 0.254 e. The molecule has 2 N–H and O–H groups in total. The Balaban J connectivity index is 0.00000160. The average Bonchev–Trinajstić information content (AvgIpc) is 3.24. The lowest BCUT2D eigenvalue weighted by atomic mass is 10.1. The zero-order valence-corrected chi connectivity index (χ0v) is 18.2. The fraction of sp³-hybridized carbons (Fsp3) is 0.286. The summed E-state index contributed by atoms with van der Waals surface area (Å²) in [6.07, 6.45) is 0. The lowest BCUT2D eigenvalue weighted by Gasteiger charge is -2.36. The number of benzene rings is 2. The van der Waals surface area contributed by atoms with Crippen molar-refractivity contribution in [2.45, 2.75) is 13.0 Å². The van der Waals surface area contributed by atoms with E-state index >= 15 is 0 Å². The van der Waals surface area contributed by atoms with E-state index in [-0.39, 0.29) is 36.8 Å². The van der Waals surface area contributed by atoms with E-state index in [2.05, 4.69) is 22.0 Å². The Morgan fingerprint density at radius 3 is 2.40 bits per heavy atom. The molecule has 0 radical (unpaired) electrons. The normalized spacial score (nSPS) is 15.0. The van der Waals surface area contributed by atoms with Crippen molar-refractivity contribution in [1.29, 1.82) is 0 Å². The predicted molar refractivity (Wildman–Crippen MR) is 121 cm³/mol. The third kappa shape index (κ3) is 5.11. The maximum Gasteiger partial charge on any atom is 0.254 e. The Labute approximate surface area is 188 Å². The number of hydrogen-bond acceptors (Lipinski definition) is 6. The van der Waals surface area contributed by atoms with Gasteiger partial charge in [0.25, 0.3) is 5.91 Å². The van der Waals surface area contributed by atoms with Crippen LogP contribution in [0.5, 0.6) is 0 Å². The number of aromatic nitrogens is 2. The van der Waals surface area contributed by atoms with Gasteiger partial charge in [-0.1, -0.05) is 41.6 Å². The van der Waals surface area contributed by atoms with Crippen molar-refractivity contribution in [3.05, 3.63) is 66.1 Å². The summed E-state index contributed by atoms with van der Waals surface area (Å²) in [5.41, 5.74) is 7.96. The van der Waals surface area contributed by atoms with Crippen LogP contribution in [0, 0.1) is 0 Å². The number of amides is 1. The van der Waals surface area contributed by atoms with E-state index in [1.807, 2.05) is 35.2 Å². The molecule has 0 spiro atoms. The molecule has 1 unspecified atom stereocenters. The van der Waals surface area contributed by atoms with Crippen LogP contribution in [-0.2, 0) is 0 Å². The van der Waals surface area contributed by atoms with Gasteiger partial charge in [0.05, 0.1) is 6.04 Å². The van der Waals surface area contributed by atoms with Gasteiger partial charge in [-0.15, -0.1) is 24.8 Å². The highest BCUT2D eigenvalue weighted by Gasteiger charge is 2.28. The van der Waals surface area contributed by atoms with Crippen LogP contribution < -0.4 is 5.73 Å². The van der Waals surface area contributed by atoms with Gasteiger partial charge >= 0.3 is 0 Å². The predicted octanol–water partition coefficient (Wildman–Crippen LogP) is 3.68. The van der Waals surface area contributed by atoms with Crippen LogP contribution in [0.15, 0.2) is 59.1 Å². The lowest BCUT2D eigenvalue weighted by molar-refractivity contribution is 0.0551. The summed E-state index contributed by atoms with van der Waals surface area (Å²) in [6, 6.07) is 16.9. The molecule has 1 atom stereocenters. The summed E-state index contributed by atoms with van der Waals surface area (Å²) in [6.45, 7) is 4.85. The fourth-order valence-corrected chi connectivity index (χ4v) is 3.43. The second-order valence-electron chi connectivity index (χ2n) is 6.95. The summed E-state index contributed by atoms with van der Waals surface area (Å²) < 4.78 is 5.49. The number of nitrogens with zero attached hydrogens (tertiary/aromatic N) is 4. The van der Waals surface area contributed by atoms with Crippen LogP contribution in [0.2, 0.25) is 0 Å². The van der Waals surface area contributed by atoms with E-state index in [9.17, 15) is 4.79 Å². The molecule has 1 aromatic heterocycles. The summed E-state index contributed by atoms with van der Waals surface area (Å²) in [5.74, 6) is 1.20. The molecule has 7 nitrogen and oxygen atoms in total. The molecule has 0 aliphatic carbocycles. The number of hydrogen-bond donors (Lipinski definition) is 1. The largest absolute Gasteiger partial charge is 0.399 e. The molecule has 1 fully saturated rings. The highest BCUT2D eigenvalue weighted by Crippen LogP contribution is 2.24. The average molecular weight is 450 g/mol. The molecule has 1 aliphatic rings. The van der Waals surface area contributed by atoms with E-state index < -0.39 is 0 Å². The van der Waals surface area contributed by atoms with Crippen LogP contribution in [0.4, 0.5) is 5.69 Å². The molecule has 9 heteroatoms. The number of carbonyl (C=O) groups is 1. The number of nitrogens with two attached hydrogens (primary N) is 1. The molecule has 1 saturated heterocycles. The molecule has 2 heterocycles. The number of piperazine rings is 1. The topological polar surface area (TPSA) is 88.5 Å². The standard InChI is InChI=1S/C21H23N5O2.2ClH/c1-15(20-23-19(24-28-20)16-6-3-2-4-7-16)25-10-12-26(13-11-25)21(27)17-8-5-9-18(22)14-17;;/h2-9,14-15H,10-13,22H2,1H3;2*1H. The van der Waals surface area contributed by atoms with Gasteiger partial charge in [0, 0.05) is 43.0 Å². The highest BCUT2D eigenvalue weighted by atomic mass is 35.5. The second kappa shape index (κ2) is 10.4. The number of rotatable bonds is 4. The molecule has 3 aromatic rings. The van der Waals surface area contributed by atoms with Gasteiger partial charge in [-0.2, -0.15) is 4.98 Å². The Morgan fingerprint density at radius 1 is 1.03 bits per heavy atom. The maximum atomic E-state index is 12.7. The zero-order valence-electron chi connectivity index (χ0n) is 16.6. The van der Waals surface area contributed by atoms with Crippen molar-refractivity contribution in [2.75, 3.05) is 31.9 Å². The monoisotopic (exact) mass is 449 g/mol. The van der Waals surface area contributed by atoms with Gasteiger partial charge in [0.2, 0.25) is 11.7 Å². The van der Waals surface area contributed by atoms with E-state index in [1.54, 1.807) is 24.3 Å². The first-order valence-electron chi connectivity index (χ1n) is 9.40. The molecular weight excluding hydrogens is 425 g/mol. The van der Waals surface area contributed by atoms with Gasteiger partial charge in [-0.25, -0.2) is 0 Å². The third-order valence-corrected chi connectivity index (χ3v) is 5.11. The minimum atomic E-state index is -0.00501. The van der Waals surface area contributed by atoms with Crippen LogP contribution in [0.25, 0.3) is 11.4 Å². The highest BCUT2D eigenvalue weighted by molar-refractivity contribution is 5.95. The number of carbonyl (C=O) groups excluding carboxylic acids is 1. The summed E-state index contributed by atoms with van der Waals surface area (Å²) in [5, 5.41) is 4.10. The molecule has 160 valence electrons. The number of halogens is 2. The van der Waals surface area contributed by atoms with Gasteiger partial charge in [-0.05, 0) is 25.1 Å². The number of nitrogen functional groups attached to an aromatic ring is 1. The fourth-order valence-electron chi connectivity index (χ4n) is 3.43. The van der Waals surface area contributed by atoms with Gasteiger partial charge in [0.1, 0.15) is 0 Å². The van der Waals surface area contributed by atoms with E-state index in [0.29, 0.717) is 36.1 Å². The van der Waals surface area contributed by atoms with Crippen molar-refractivity contribution in [3.8, 4) is 11.4 Å². The van der Waals surface area contributed by atoms with E-state index in [0.717, 1.165) is 18.7 Å². The molecule has 30 heavy (non-hydrogen) atoms. The van der Waals surface area contributed by atoms with Gasteiger partial charge in [0.15, 0.2) is 0 Å². The van der Waals surface area contributed by atoms with Crippen molar-refractivity contribution >= 4 is 36.4 Å². The summed E-state index contributed by atoms with van der Waals surface area (Å²) in [7, 11) is 0. The summed E-state index contributed by atoms with van der Waals surface area (Å²) in [4.78, 5) is 21.3. The first-order chi connectivity index (χ1) is 13.6. The van der Waals surface area contributed by atoms with E-state index in [4.69, 9.17) is 10.3 Å². The van der Waals surface area contributed by atoms with Crippen LogP contribution in [-0.4, -0.2) is 52.0 Å². The minimum Gasteiger partial charge on any atom is -0.399 e. The van der Waals surface area contributed by atoms with Gasteiger partial charge in [-0.3, -0.25) is 9.69 Å². The lowest BCUT2D eigenvalue weighted by Crippen LogP contribution is -2.49. The first kappa shape index (κ1) is 23.7. The summed E-state index contributed by atoms with van der Waals surface area (Å²) >= 11 is 0. The Morgan fingerprint density at radius 2 is 1.73 bits per heavy atom. The molecule has 0 saturated carbocycles. The number of anilines is 1. The Bertz CT molecular complexity index is 959. The van der Waals surface area contributed by atoms with Gasteiger partial charge < -0.3 is 15.2 Å². The third-order valence-electron chi connectivity index (χ3n) is 5.11. The first-order valence-corrected chi connectivity index (χ1v) is 9.40. The van der Waals surface area contributed by atoms with E-state index in [1.165, 1.54) is 0 Å². The van der Waals surface area contributed by atoms with Crippen molar-refractivity contribution < 1.29 is 9.32 Å². The molecular formula is C21H25Cl2N5O2. The van der Waals surface area contributed by atoms with Crippen molar-refractivity contribution in [3.63, 3.8) is 0 Å². The SMILES string of the molecule is CC(c1nc(-c2ccccc2)no1)N1CCN(C(=O)c2cccc(N)c2)CC1.Cl.Cl. The van der Waals surface area contributed by atoms with Crippen LogP contribution >= 0.6 is 24.8 Å². The van der Waals surface area contributed by atoms with Crippen molar-refractivity contribution in [1.82, 2.24) is 19.9 Å². The minimum absolute atomic E-state index is 0. The molecule has 1 amide bonds. The van der Waals surface area contributed by atoms with Crippen LogP contribution in [0.3, 0.4) is 0 Å². The zero-order chi connectivity index (χ0) is 19.5. The molecule has 0 bridgehead atoms. The molecule has 2 aromatic carbocycles.